The molecular weight excluding hydrogens is 338 g/mol. The maximum Gasteiger partial charge on any atom is 0.207 e. The maximum absolute atomic E-state index is 12.3. The normalized spacial score (nSPS) is 15.2. The van der Waals surface area contributed by atoms with Crippen molar-refractivity contribution in [1.29, 1.82) is 0 Å². The van der Waals surface area contributed by atoms with Crippen LogP contribution in [0, 0.1) is 0 Å². The Bertz CT molecular complexity index is 792. The van der Waals surface area contributed by atoms with Crippen molar-refractivity contribution in [2.45, 2.75) is 19.4 Å². The summed E-state index contributed by atoms with van der Waals surface area (Å²) < 4.78 is 7.01. The molecule has 3 rings (SSSR count). The number of benzene rings is 1. The summed E-state index contributed by atoms with van der Waals surface area (Å²) in [6, 6.07) is 5.96. The highest BCUT2D eigenvalue weighted by molar-refractivity contribution is 6.34. The first-order valence-electron chi connectivity index (χ1n) is 8.37. The molecule has 1 aliphatic rings. The van der Waals surface area contributed by atoms with Gasteiger partial charge in [0.15, 0.2) is 5.69 Å². The largest absolute Gasteiger partial charge is 0.496 e. The summed E-state index contributed by atoms with van der Waals surface area (Å²) in [5.74, 6) is 0.672. The Morgan fingerprint density at radius 3 is 2.76 bits per heavy atom. The molecule has 0 amide bonds. The number of halogens is 1. The van der Waals surface area contributed by atoms with E-state index in [2.05, 4.69) is 16.1 Å². The molecule has 2 heterocycles. The number of allylic oxidation sites excluding steroid dienone is 1. The third-order valence-corrected chi connectivity index (χ3v) is 4.62. The van der Waals surface area contributed by atoms with Crippen LogP contribution in [0.4, 0.5) is 0 Å². The molecule has 0 aliphatic carbocycles. The standard InChI is InChI=1S/C19H22ClN3O2/c1-22-13-16(20)19(21-22)17(24)7-5-14-6-8-18(25-2)15(11-14)12-23-9-3-4-10-23/h5-8,11,13H,3-4,9-10,12H2,1-2H3/b7-5+. The van der Waals surface area contributed by atoms with Crippen LogP contribution in [0.1, 0.15) is 34.5 Å². The zero-order valence-corrected chi connectivity index (χ0v) is 15.3. The monoisotopic (exact) mass is 359 g/mol. The smallest absolute Gasteiger partial charge is 0.207 e. The van der Waals surface area contributed by atoms with Crippen LogP contribution in [0.25, 0.3) is 6.08 Å². The number of ketones is 1. The molecular formula is C19H22ClN3O2. The van der Waals surface area contributed by atoms with Crippen molar-refractivity contribution in [2.24, 2.45) is 7.05 Å². The van der Waals surface area contributed by atoms with Gasteiger partial charge in [0.2, 0.25) is 5.78 Å². The second-order valence-electron chi connectivity index (χ2n) is 6.25. The van der Waals surface area contributed by atoms with Gasteiger partial charge >= 0.3 is 0 Å². The first-order chi connectivity index (χ1) is 12.1. The molecule has 0 bridgehead atoms. The Labute approximate surface area is 152 Å². The van der Waals surface area contributed by atoms with E-state index in [9.17, 15) is 4.79 Å². The summed E-state index contributed by atoms with van der Waals surface area (Å²) in [7, 11) is 3.42. The lowest BCUT2D eigenvalue weighted by Crippen LogP contribution is -2.18. The molecule has 0 atom stereocenters. The van der Waals surface area contributed by atoms with Crippen molar-refractivity contribution in [3.8, 4) is 5.75 Å². The highest BCUT2D eigenvalue weighted by Crippen LogP contribution is 2.24. The molecule has 0 spiro atoms. The third kappa shape index (κ3) is 4.30. The molecule has 1 aromatic heterocycles. The molecule has 25 heavy (non-hydrogen) atoms. The molecule has 0 saturated carbocycles. The van der Waals surface area contributed by atoms with Gasteiger partial charge in [-0.3, -0.25) is 14.4 Å². The van der Waals surface area contributed by atoms with E-state index in [-0.39, 0.29) is 11.5 Å². The van der Waals surface area contributed by atoms with Gasteiger partial charge in [0.05, 0.1) is 12.1 Å². The highest BCUT2D eigenvalue weighted by atomic mass is 35.5. The molecule has 1 fully saturated rings. The number of aryl methyl sites for hydroxylation is 1. The molecule has 1 aliphatic heterocycles. The van der Waals surface area contributed by atoms with Crippen LogP contribution in [0.5, 0.6) is 5.75 Å². The topological polar surface area (TPSA) is 47.4 Å². The number of aromatic nitrogens is 2. The van der Waals surface area contributed by atoms with Gasteiger partial charge in [-0.15, -0.1) is 0 Å². The van der Waals surface area contributed by atoms with E-state index >= 15 is 0 Å². The molecule has 1 aromatic carbocycles. The molecule has 132 valence electrons. The number of nitrogens with zero attached hydrogens (tertiary/aromatic N) is 3. The lowest BCUT2D eigenvalue weighted by Gasteiger charge is -2.17. The quantitative estimate of drug-likeness (QED) is 0.584. The van der Waals surface area contributed by atoms with Gasteiger partial charge in [-0.1, -0.05) is 23.7 Å². The van der Waals surface area contributed by atoms with Gasteiger partial charge in [-0.25, -0.2) is 0 Å². The van der Waals surface area contributed by atoms with Crippen LogP contribution in [-0.2, 0) is 13.6 Å². The maximum atomic E-state index is 12.3. The predicted octanol–water partition coefficient (Wildman–Crippen LogP) is 3.57. The van der Waals surface area contributed by atoms with Gasteiger partial charge in [0, 0.05) is 25.4 Å². The van der Waals surface area contributed by atoms with Gasteiger partial charge in [0.25, 0.3) is 0 Å². The van der Waals surface area contributed by atoms with Gasteiger partial charge in [-0.05, 0) is 49.7 Å². The van der Waals surface area contributed by atoms with Crippen molar-refractivity contribution in [1.82, 2.24) is 14.7 Å². The Morgan fingerprint density at radius 1 is 1.36 bits per heavy atom. The minimum Gasteiger partial charge on any atom is -0.496 e. The van der Waals surface area contributed by atoms with Crippen LogP contribution in [0.3, 0.4) is 0 Å². The van der Waals surface area contributed by atoms with E-state index in [4.69, 9.17) is 16.3 Å². The summed E-state index contributed by atoms with van der Waals surface area (Å²) in [4.78, 5) is 14.7. The van der Waals surface area contributed by atoms with Crippen molar-refractivity contribution in [3.63, 3.8) is 0 Å². The fraction of sp³-hybridized carbons (Fsp3) is 0.368. The first-order valence-corrected chi connectivity index (χ1v) is 8.75. The zero-order valence-electron chi connectivity index (χ0n) is 14.5. The Morgan fingerprint density at radius 2 is 2.12 bits per heavy atom. The summed E-state index contributed by atoms with van der Waals surface area (Å²) in [5.41, 5.74) is 2.36. The van der Waals surface area contributed by atoms with Gasteiger partial charge in [-0.2, -0.15) is 5.10 Å². The van der Waals surface area contributed by atoms with Crippen molar-refractivity contribution >= 4 is 23.5 Å². The molecule has 0 N–H and O–H groups in total. The second kappa shape index (κ2) is 7.85. The number of ether oxygens (including phenoxy) is 1. The molecule has 1 saturated heterocycles. The minimum atomic E-state index is -0.206. The van der Waals surface area contributed by atoms with Crippen molar-refractivity contribution in [3.05, 3.63) is 52.3 Å². The molecule has 2 aromatic rings. The fourth-order valence-electron chi connectivity index (χ4n) is 3.08. The van der Waals surface area contributed by atoms with Gasteiger partial charge in [0.1, 0.15) is 5.75 Å². The van der Waals surface area contributed by atoms with Crippen LogP contribution < -0.4 is 4.74 Å². The highest BCUT2D eigenvalue weighted by Gasteiger charge is 2.15. The second-order valence-corrected chi connectivity index (χ2v) is 6.66. The van der Waals surface area contributed by atoms with E-state index < -0.39 is 0 Å². The van der Waals surface area contributed by atoms with Crippen LogP contribution >= 0.6 is 11.6 Å². The van der Waals surface area contributed by atoms with E-state index in [1.807, 2.05) is 12.1 Å². The van der Waals surface area contributed by atoms with Gasteiger partial charge < -0.3 is 4.74 Å². The number of methoxy groups -OCH3 is 1. The summed E-state index contributed by atoms with van der Waals surface area (Å²) in [6.07, 6.45) is 7.42. The molecule has 0 radical (unpaired) electrons. The van der Waals surface area contributed by atoms with Crippen molar-refractivity contribution < 1.29 is 9.53 Å². The average Bonchev–Trinajstić information content (AvgIpc) is 3.22. The third-order valence-electron chi connectivity index (χ3n) is 4.34. The predicted molar refractivity (Wildman–Crippen MR) is 99.1 cm³/mol. The molecule has 0 unspecified atom stereocenters. The number of likely N-dealkylation sites (tertiary alicyclic amines) is 1. The number of hydrogen-bond donors (Lipinski definition) is 0. The molecule has 5 nitrogen and oxygen atoms in total. The lowest BCUT2D eigenvalue weighted by molar-refractivity contribution is 0.104. The van der Waals surface area contributed by atoms with E-state index in [1.54, 1.807) is 26.4 Å². The van der Waals surface area contributed by atoms with Crippen LogP contribution in [-0.4, -0.2) is 40.7 Å². The van der Waals surface area contributed by atoms with E-state index in [0.29, 0.717) is 5.02 Å². The number of hydrogen-bond acceptors (Lipinski definition) is 4. The SMILES string of the molecule is COc1ccc(/C=C/C(=O)c2nn(C)cc2Cl)cc1CN1CCCC1. The summed E-state index contributed by atoms with van der Waals surface area (Å²) >= 11 is 6.02. The van der Waals surface area contributed by atoms with E-state index in [0.717, 1.165) is 36.5 Å². The Balaban J connectivity index is 1.77. The molecule has 6 heteroatoms. The minimum absolute atomic E-state index is 0.206. The summed E-state index contributed by atoms with van der Waals surface area (Å²) in [6.45, 7) is 3.12. The average molecular weight is 360 g/mol. The number of rotatable bonds is 6. The van der Waals surface area contributed by atoms with Crippen LogP contribution in [0.2, 0.25) is 5.02 Å². The van der Waals surface area contributed by atoms with Crippen molar-refractivity contribution in [2.75, 3.05) is 20.2 Å². The number of carbonyl (C=O) groups is 1. The Hall–Kier alpha value is -2.11. The van der Waals surface area contributed by atoms with E-state index in [1.165, 1.54) is 23.6 Å². The number of carbonyl (C=O) groups excluding carboxylic acids is 1. The fourth-order valence-corrected chi connectivity index (χ4v) is 3.36. The van der Waals surface area contributed by atoms with Crippen LogP contribution in [0.15, 0.2) is 30.5 Å². The zero-order chi connectivity index (χ0) is 17.8. The Kier molecular flexibility index (Phi) is 5.56. The first kappa shape index (κ1) is 17.7. The lowest BCUT2D eigenvalue weighted by atomic mass is 10.1. The summed E-state index contributed by atoms with van der Waals surface area (Å²) in [5, 5.41) is 4.46.